The number of fused-ring (bicyclic) bond motifs is 1. The van der Waals surface area contributed by atoms with Gasteiger partial charge in [-0.2, -0.15) is 5.10 Å². The average Bonchev–Trinajstić information content (AvgIpc) is 3.20. The highest BCUT2D eigenvalue weighted by Crippen LogP contribution is 2.36. The van der Waals surface area contributed by atoms with E-state index in [0.29, 0.717) is 38.9 Å². The van der Waals surface area contributed by atoms with Crippen LogP contribution in [0.25, 0.3) is 28.2 Å². The van der Waals surface area contributed by atoms with Crippen LogP contribution in [0.3, 0.4) is 0 Å². The molecule has 0 N–H and O–H groups in total. The number of aryl methyl sites for hydroxylation is 1. The maximum absolute atomic E-state index is 13.8. The Balaban J connectivity index is 2.04. The van der Waals surface area contributed by atoms with Crippen molar-refractivity contribution in [1.82, 2.24) is 14.6 Å². The van der Waals surface area contributed by atoms with Crippen LogP contribution < -0.4 is 0 Å². The Hall–Kier alpha value is -3.29. The molecule has 0 amide bonds. The Bertz CT molecular complexity index is 1360. The van der Waals surface area contributed by atoms with E-state index < -0.39 is 17.7 Å². The third-order valence-corrected chi connectivity index (χ3v) is 5.45. The number of carbonyl (C=O) groups is 1. The summed E-state index contributed by atoms with van der Waals surface area (Å²) in [6, 6.07) is 15.2. The largest absolute Gasteiger partial charge is 0.467 e. The Morgan fingerprint density at radius 1 is 1.09 bits per heavy atom. The molecule has 6 nitrogen and oxygen atoms in total. The number of halogens is 2. The van der Waals surface area contributed by atoms with E-state index in [9.17, 15) is 9.18 Å². The highest BCUT2D eigenvalue weighted by Gasteiger charge is 2.34. The van der Waals surface area contributed by atoms with Gasteiger partial charge in [-0.25, -0.2) is 18.7 Å². The van der Waals surface area contributed by atoms with Crippen LogP contribution >= 0.6 is 11.6 Å². The molecule has 0 aliphatic rings. The topological polar surface area (TPSA) is 65.7 Å². The molecule has 0 unspecified atom stereocenters. The van der Waals surface area contributed by atoms with Gasteiger partial charge in [0, 0.05) is 33.5 Å². The van der Waals surface area contributed by atoms with Crippen molar-refractivity contribution in [3.63, 3.8) is 0 Å². The number of methoxy groups -OCH3 is 1. The van der Waals surface area contributed by atoms with E-state index >= 15 is 0 Å². The zero-order chi connectivity index (χ0) is 24.6. The number of benzene rings is 2. The van der Waals surface area contributed by atoms with Crippen LogP contribution in [0.5, 0.6) is 0 Å². The number of aromatic nitrogens is 3. The van der Waals surface area contributed by atoms with Gasteiger partial charge in [-0.15, -0.1) is 0 Å². The van der Waals surface area contributed by atoms with Gasteiger partial charge < -0.3 is 9.47 Å². The molecular weight excluding hydrogens is 457 g/mol. The van der Waals surface area contributed by atoms with Crippen molar-refractivity contribution >= 4 is 23.2 Å². The predicted octanol–water partition coefficient (Wildman–Crippen LogP) is 6.19. The van der Waals surface area contributed by atoms with Crippen molar-refractivity contribution in [2.75, 3.05) is 7.11 Å². The van der Waals surface area contributed by atoms with Crippen LogP contribution in [0.2, 0.25) is 5.02 Å². The summed E-state index contributed by atoms with van der Waals surface area (Å²) in [7, 11) is 1.31. The maximum atomic E-state index is 13.8. The van der Waals surface area contributed by atoms with Gasteiger partial charge in [-0.05, 0) is 64.1 Å². The molecule has 0 saturated heterocycles. The summed E-state index contributed by atoms with van der Waals surface area (Å²) in [6.45, 7) is 7.36. The number of rotatable bonds is 5. The first-order chi connectivity index (χ1) is 16.1. The molecule has 0 spiro atoms. The molecule has 0 aliphatic heterocycles. The normalized spacial score (nSPS) is 12.7. The minimum absolute atomic E-state index is 0.372. The molecule has 0 fully saturated rings. The highest BCUT2D eigenvalue weighted by molar-refractivity contribution is 6.30. The second kappa shape index (κ2) is 9.16. The quantitative estimate of drug-likeness (QED) is 0.318. The lowest BCUT2D eigenvalue weighted by molar-refractivity contribution is -0.164. The molecular formula is C26H25ClFN3O3. The molecule has 1 atom stereocenters. The summed E-state index contributed by atoms with van der Waals surface area (Å²) in [5.41, 5.74) is 3.67. The van der Waals surface area contributed by atoms with Gasteiger partial charge >= 0.3 is 5.97 Å². The van der Waals surface area contributed by atoms with Gasteiger partial charge in [0.25, 0.3) is 0 Å². The number of ether oxygens (including phenoxy) is 2. The molecule has 0 saturated carbocycles. The van der Waals surface area contributed by atoms with Gasteiger partial charge in [0.1, 0.15) is 5.82 Å². The van der Waals surface area contributed by atoms with Gasteiger partial charge in [0.15, 0.2) is 11.8 Å². The molecule has 4 rings (SSSR count). The molecule has 34 heavy (non-hydrogen) atoms. The number of hydrogen-bond donors (Lipinski definition) is 0. The lowest BCUT2D eigenvalue weighted by atomic mass is 9.99. The third kappa shape index (κ3) is 4.81. The molecule has 4 aromatic rings. The summed E-state index contributed by atoms with van der Waals surface area (Å²) >= 11 is 6.19. The highest BCUT2D eigenvalue weighted by atomic mass is 35.5. The zero-order valence-corrected chi connectivity index (χ0v) is 20.4. The van der Waals surface area contributed by atoms with Crippen LogP contribution in [-0.4, -0.2) is 33.3 Å². The van der Waals surface area contributed by atoms with Crippen molar-refractivity contribution in [2.45, 2.75) is 39.4 Å². The number of carbonyl (C=O) groups excluding carboxylic acids is 1. The minimum atomic E-state index is -1.07. The molecule has 8 heteroatoms. The Morgan fingerprint density at radius 2 is 1.79 bits per heavy atom. The van der Waals surface area contributed by atoms with E-state index in [0.717, 1.165) is 5.56 Å². The number of esters is 1. The van der Waals surface area contributed by atoms with E-state index in [1.165, 1.54) is 19.2 Å². The SMILES string of the molecule is COC(=O)[C@@H](OC(C)(C)C)c1c(C)nc2cc(-c3cccc(Cl)c3)nn2c1-c1ccc(F)cc1. The van der Waals surface area contributed by atoms with Crippen LogP contribution in [-0.2, 0) is 14.3 Å². The second-order valence-electron chi connectivity index (χ2n) is 8.91. The van der Waals surface area contributed by atoms with Crippen molar-refractivity contribution in [3.8, 4) is 22.5 Å². The fraction of sp³-hybridized carbons (Fsp3) is 0.269. The lowest BCUT2D eigenvalue weighted by Gasteiger charge is -2.28. The Kier molecular flexibility index (Phi) is 6.43. The first-order valence-electron chi connectivity index (χ1n) is 10.7. The minimum Gasteiger partial charge on any atom is -0.467 e. The lowest BCUT2D eigenvalue weighted by Crippen LogP contribution is -2.29. The maximum Gasteiger partial charge on any atom is 0.339 e. The van der Waals surface area contributed by atoms with E-state index in [1.54, 1.807) is 29.6 Å². The summed E-state index contributed by atoms with van der Waals surface area (Å²) in [5, 5.41) is 5.37. The molecule has 0 radical (unpaired) electrons. The molecule has 0 bridgehead atoms. The molecule has 176 valence electrons. The molecule has 2 heterocycles. The average molecular weight is 482 g/mol. The predicted molar refractivity (Wildman–Crippen MR) is 129 cm³/mol. The van der Waals surface area contributed by atoms with Crippen LogP contribution in [0.1, 0.15) is 38.1 Å². The molecule has 2 aromatic carbocycles. The van der Waals surface area contributed by atoms with E-state index in [2.05, 4.69) is 0 Å². The van der Waals surface area contributed by atoms with Gasteiger partial charge in [0.2, 0.25) is 0 Å². The van der Waals surface area contributed by atoms with E-state index in [-0.39, 0.29) is 5.82 Å². The molecule has 2 aromatic heterocycles. The summed E-state index contributed by atoms with van der Waals surface area (Å²) < 4.78 is 26.7. The van der Waals surface area contributed by atoms with Crippen molar-refractivity contribution in [3.05, 3.63) is 76.7 Å². The van der Waals surface area contributed by atoms with Crippen LogP contribution in [0.15, 0.2) is 54.6 Å². The fourth-order valence-electron chi connectivity index (χ4n) is 3.81. The zero-order valence-electron chi connectivity index (χ0n) is 19.6. The first kappa shape index (κ1) is 23.9. The van der Waals surface area contributed by atoms with Crippen LogP contribution in [0.4, 0.5) is 4.39 Å². The third-order valence-electron chi connectivity index (χ3n) is 5.22. The smallest absolute Gasteiger partial charge is 0.339 e. The summed E-state index contributed by atoms with van der Waals surface area (Å²) in [4.78, 5) is 17.6. The van der Waals surface area contributed by atoms with Gasteiger partial charge in [-0.1, -0.05) is 23.7 Å². The standard InChI is InChI=1S/C26H25ClFN3O3/c1-15-22(24(25(32)33-5)34-26(2,3)4)23(16-9-11-19(28)12-10-16)31-21(29-15)14-20(30-31)17-7-6-8-18(27)13-17/h6-14,24H,1-5H3/t24-/m0/s1. The van der Waals surface area contributed by atoms with Crippen molar-refractivity contribution in [2.24, 2.45) is 0 Å². The van der Waals surface area contributed by atoms with E-state index in [1.807, 2.05) is 45.0 Å². The fourth-order valence-corrected chi connectivity index (χ4v) is 4.00. The summed E-state index contributed by atoms with van der Waals surface area (Å²) in [5.74, 6) is -0.937. The van der Waals surface area contributed by atoms with Gasteiger partial charge in [-0.3, -0.25) is 0 Å². The first-order valence-corrected chi connectivity index (χ1v) is 11.1. The van der Waals surface area contributed by atoms with E-state index in [4.69, 9.17) is 31.2 Å². The second-order valence-corrected chi connectivity index (χ2v) is 9.35. The molecule has 0 aliphatic carbocycles. The number of hydrogen-bond acceptors (Lipinski definition) is 5. The van der Waals surface area contributed by atoms with Crippen molar-refractivity contribution < 1.29 is 18.7 Å². The Morgan fingerprint density at radius 3 is 2.41 bits per heavy atom. The summed E-state index contributed by atoms with van der Waals surface area (Å²) in [6.07, 6.45) is -1.07. The van der Waals surface area contributed by atoms with Crippen molar-refractivity contribution in [1.29, 1.82) is 0 Å². The van der Waals surface area contributed by atoms with Gasteiger partial charge in [0.05, 0.1) is 24.1 Å². The van der Waals surface area contributed by atoms with Crippen LogP contribution in [0, 0.1) is 12.7 Å². The Labute approximate surface area is 202 Å². The monoisotopic (exact) mass is 481 g/mol. The number of nitrogens with zero attached hydrogens (tertiary/aromatic N) is 3.